The molecule has 0 saturated heterocycles. The van der Waals surface area contributed by atoms with Crippen LogP contribution in [-0.4, -0.2) is 24.7 Å². The van der Waals surface area contributed by atoms with E-state index in [0.29, 0.717) is 5.56 Å². The molecule has 2 rings (SSSR count). The topological polar surface area (TPSA) is 67.8 Å². The first-order valence-corrected chi connectivity index (χ1v) is 9.17. The van der Waals surface area contributed by atoms with Gasteiger partial charge < -0.3 is 4.74 Å². The molecule has 1 aliphatic carbocycles. The van der Waals surface area contributed by atoms with E-state index < -0.39 is 0 Å². The molecule has 2 atom stereocenters. The summed E-state index contributed by atoms with van der Waals surface area (Å²) in [6.07, 6.45) is 6.99. The van der Waals surface area contributed by atoms with E-state index in [0.717, 1.165) is 37.8 Å². The maximum atomic E-state index is 12.2. The third-order valence-electron chi connectivity index (χ3n) is 4.83. The number of amides is 1. The third-order valence-corrected chi connectivity index (χ3v) is 4.83. The number of hydrazone groups is 1. The van der Waals surface area contributed by atoms with E-state index in [9.17, 15) is 9.59 Å². The zero-order valence-corrected chi connectivity index (χ0v) is 15.2. The van der Waals surface area contributed by atoms with Gasteiger partial charge in [-0.15, -0.1) is 0 Å². The molecule has 0 radical (unpaired) electrons. The number of carbonyl (C=O) groups excluding carboxylic acids is 2. The molecule has 0 spiro atoms. The second-order valence-corrected chi connectivity index (χ2v) is 6.53. The molecule has 136 valence electrons. The zero-order valence-electron chi connectivity index (χ0n) is 15.2. The molecule has 25 heavy (non-hydrogen) atoms. The second kappa shape index (κ2) is 9.97. The summed E-state index contributed by atoms with van der Waals surface area (Å²) >= 11 is 0. The van der Waals surface area contributed by atoms with Crippen LogP contribution in [0.3, 0.4) is 0 Å². The van der Waals surface area contributed by atoms with Gasteiger partial charge in [-0.2, -0.15) is 5.10 Å². The van der Waals surface area contributed by atoms with E-state index in [1.54, 1.807) is 12.1 Å². The molecule has 1 aromatic carbocycles. The van der Waals surface area contributed by atoms with E-state index in [1.165, 1.54) is 20.0 Å². The largest absolute Gasteiger partial charge is 0.469 e. The lowest BCUT2D eigenvalue weighted by Crippen LogP contribution is -2.26. The number of rotatable bonds is 8. The van der Waals surface area contributed by atoms with Crippen molar-refractivity contribution in [2.75, 3.05) is 7.11 Å². The Labute approximate surface area is 149 Å². The van der Waals surface area contributed by atoms with E-state index in [-0.39, 0.29) is 23.7 Å². The fourth-order valence-corrected chi connectivity index (χ4v) is 3.43. The van der Waals surface area contributed by atoms with Crippen molar-refractivity contribution < 1.29 is 14.3 Å². The summed E-state index contributed by atoms with van der Waals surface area (Å²) in [5.41, 5.74) is 4.14. The van der Waals surface area contributed by atoms with Gasteiger partial charge in [-0.3, -0.25) is 9.59 Å². The summed E-state index contributed by atoms with van der Waals surface area (Å²) in [5, 5.41) is 4.36. The quantitative estimate of drug-likeness (QED) is 0.441. The Morgan fingerprint density at radius 2 is 1.96 bits per heavy atom. The average Bonchev–Trinajstić information content (AvgIpc) is 3.06. The van der Waals surface area contributed by atoms with Gasteiger partial charge in [0.2, 0.25) is 0 Å². The molecule has 5 nitrogen and oxygen atoms in total. The molecule has 5 heteroatoms. The van der Waals surface area contributed by atoms with Gasteiger partial charge in [0.05, 0.1) is 13.0 Å². The van der Waals surface area contributed by atoms with E-state index >= 15 is 0 Å². The number of ether oxygens (including phenoxy) is 1. The molecule has 0 heterocycles. The molecule has 1 N–H and O–H groups in total. The van der Waals surface area contributed by atoms with Crippen LogP contribution in [0, 0.1) is 11.8 Å². The van der Waals surface area contributed by atoms with E-state index in [1.807, 2.05) is 18.2 Å². The van der Waals surface area contributed by atoms with Gasteiger partial charge in [-0.25, -0.2) is 5.43 Å². The van der Waals surface area contributed by atoms with Crippen LogP contribution < -0.4 is 5.43 Å². The number of unbranched alkanes of at least 4 members (excludes halogenated alkanes) is 3. The number of nitrogens with zero attached hydrogens (tertiary/aromatic N) is 1. The van der Waals surface area contributed by atoms with Crippen LogP contribution in [0.5, 0.6) is 0 Å². The van der Waals surface area contributed by atoms with Crippen molar-refractivity contribution in [3.8, 4) is 0 Å². The first kappa shape index (κ1) is 19.2. The number of benzene rings is 1. The lowest BCUT2D eigenvalue weighted by molar-refractivity contribution is -0.146. The number of hydrogen-bond acceptors (Lipinski definition) is 4. The fourth-order valence-electron chi connectivity index (χ4n) is 3.43. The first-order valence-electron chi connectivity index (χ1n) is 9.17. The molecule has 1 aliphatic rings. The maximum absolute atomic E-state index is 12.2. The van der Waals surface area contributed by atoms with Crippen LogP contribution in [0.15, 0.2) is 35.4 Å². The molecular formula is C20H28N2O3. The van der Waals surface area contributed by atoms with Gasteiger partial charge in [0.15, 0.2) is 0 Å². The Morgan fingerprint density at radius 1 is 1.20 bits per heavy atom. The molecule has 1 amide bonds. The number of methoxy groups -OCH3 is 1. The minimum absolute atomic E-state index is 0.0698. The van der Waals surface area contributed by atoms with Crippen LogP contribution in [0.25, 0.3) is 0 Å². The van der Waals surface area contributed by atoms with E-state index in [4.69, 9.17) is 4.74 Å². The normalized spacial score (nSPS) is 21.3. The molecule has 1 saturated carbocycles. The van der Waals surface area contributed by atoms with Crippen molar-refractivity contribution in [3.63, 3.8) is 0 Å². The zero-order chi connectivity index (χ0) is 18.1. The van der Waals surface area contributed by atoms with Crippen LogP contribution in [0.1, 0.15) is 62.2 Å². The van der Waals surface area contributed by atoms with E-state index in [2.05, 4.69) is 17.5 Å². The minimum atomic E-state index is -0.223. The van der Waals surface area contributed by atoms with Gasteiger partial charge in [0.1, 0.15) is 0 Å². The summed E-state index contributed by atoms with van der Waals surface area (Å²) in [7, 11) is 1.43. The molecule has 0 aromatic heterocycles. The Hall–Kier alpha value is -2.17. The Kier molecular flexibility index (Phi) is 7.64. The smallest absolute Gasteiger partial charge is 0.309 e. The summed E-state index contributed by atoms with van der Waals surface area (Å²) in [5.74, 6) is -0.459. The number of nitrogens with one attached hydrogen (secondary N) is 1. The average molecular weight is 344 g/mol. The number of hydrogen-bond donors (Lipinski definition) is 1. The van der Waals surface area contributed by atoms with Crippen molar-refractivity contribution in [3.05, 3.63) is 35.9 Å². The van der Waals surface area contributed by atoms with Crippen molar-refractivity contribution in [1.29, 1.82) is 0 Å². The molecule has 1 aromatic rings. The lowest BCUT2D eigenvalue weighted by Gasteiger charge is -2.18. The van der Waals surface area contributed by atoms with Crippen molar-refractivity contribution >= 4 is 17.6 Å². The number of esters is 1. The molecule has 1 fully saturated rings. The highest BCUT2D eigenvalue weighted by Gasteiger charge is 2.38. The summed E-state index contributed by atoms with van der Waals surface area (Å²) < 4.78 is 4.95. The lowest BCUT2D eigenvalue weighted by atomic mass is 9.89. The van der Waals surface area contributed by atoms with Crippen molar-refractivity contribution in [2.45, 2.75) is 51.9 Å². The Balaban J connectivity index is 2.02. The van der Waals surface area contributed by atoms with Gasteiger partial charge in [0.25, 0.3) is 5.91 Å². The Bertz CT molecular complexity index is 598. The predicted octanol–water partition coefficient (Wildman–Crippen LogP) is 3.94. The second-order valence-electron chi connectivity index (χ2n) is 6.53. The monoisotopic (exact) mass is 344 g/mol. The number of carbonyl (C=O) groups is 2. The van der Waals surface area contributed by atoms with Crippen LogP contribution in [0.4, 0.5) is 0 Å². The Morgan fingerprint density at radius 3 is 2.64 bits per heavy atom. The van der Waals surface area contributed by atoms with Gasteiger partial charge in [0, 0.05) is 17.2 Å². The predicted molar refractivity (Wildman–Crippen MR) is 98.3 cm³/mol. The third kappa shape index (κ3) is 5.41. The highest BCUT2D eigenvalue weighted by atomic mass is 16.5. The molecular weight excluding hydrogens is 316 g/mol. The molecule has 0 aliphatic heterocycles. The van der Waals surface area contributed by atoms with Crippen LogP contribution in [-0.2, 0) is 9.53 Å². The summed E-state index contributed by atoms with van der Waals surface area (Å²) in [6.45, 7) is 2.18. The fraction of sp³-hybridized carbons (Fsp3) is 0.550. The standard InChI is InChI=1S/C20H28N2O3/c1-3-4-5-9-12-16-17(20(24)25-2)13-14-18(16)21-22-19(23)15-10-7-6-8-11-15/h6-8,10-11,16-17H,3-5,9,12-14H2,1-2H3,(H,22,23)/b21-18-/t16-,17-/m0/s1. The SMILES string of the molecule is CCCCCC[C@@H]1/C(=N\NC(=O)c2ccccc2)CC[C@@H]1C(=O)OC. The molecule has 0 bridgehead atoms. The van der Waals surface area contributed by atoms with Crippen molar-refractivity contribution in [2.24, 2.45) is 16.9 Å². The van der Waals surface area contributed by atoms with Gasteiger partial charge in [-0.1, -0.05) is 50.8 Å². The molecule has 0 unspecified atom stereocenters. The van der Waals surface area contributed by atoms with Crippen LogP contribution in [0.2, 0.25) is 0 Å². The highest BCUT2D eigenvalue weighted by molar-refractivity contribution is 5.97. The van der Waals surface area contributed by atoms with Crippen molar-refractivity contribution in [1.82, 2.24) is 5.43 Å². The van der Waals surface area contributed by atoms with Crippen LogP contribution >= 0.6 is 0 Å². The first-order chi connectivity index (χ1) is 12.2. The highest BCUT2D eigenvalue weighted by Crippen LogP contribution is 2.34. The summed E-state index contributed by atoms with van der Waals surface area (Å²) in [4.78, 5) is 24.2. The van der Waals surface area contributed by atoms with Gasteiger partial charge in [-0.05, 0) is 31.4 Å². The maximum Gasteiger partial charge on any atom is 0.309 e. The summed E-state index contributed by atoms with van der Waals surface area (Å²) in [6, 6.07) is 9.02. The van der Waals surface area contributed by atoms with Gasteiger partial charge >= 0.3 is 5.97 Å². The minimum Gasteiger partial charge on any atom is -0.469 e.